The number of hydrogen-bond donors (Lipinski definition) is 1. The van der Waals surface area contributed by atoms with E-state index in [2.05, 4.69) is 5.32 Å². The molecule has 7 nitrogen and oxygen atoms in total. The van der Waals surface area contributed by atoms with Crippen LogP contribution in [0.25, 0.3) is 11.0 Å². The van der Waals surface area contributed by atoms with Gasteiger partial charge in [-0.1, -0.05) is 12.1 Å². The van der Waals surface area contributed by atoms with Gasteiger partial charge in [-0.2, -0.15) is 0 Å². The smallest absolute Gasteiger partial charge is 0.336 e. The van der Waals surface area contributed by atoms with Crippen LogP contribution < -0.4 is 15.7 Å². The summed E-state index contributed by atoms with van der Waals surface area (Å²) in [5.74, 6) is 1.25. The Bertz CT molecular complexity index is 1290. The predicted octanol–water partition coefficient (Wildman–Crippen LogP) is 4.31. The fourth-order valence-corrected chi connectivity index (χ4v) is 3.62. The Hall–Kier alpha value is -3.84. The molecule has 2 aromatic heterocycles. The van der Waals surface area contributed by atoms with Gasteiger partial charge >= 0.3 is 5.63 Å². The minimum Gasteiger partial charge on any atom is -0.489 e. The first kappa shape index (κ1) is 22.4. The first-order chi connectivity index (χ1) is 15.9. The maximum atomic E-state index is 12.6. The van der Waals surface area contributed by atoms with Crippen molar-refractivity contribution in [1.82, 2.24) is 10.2 Å². The molecule has 0 saturated carbocycles. The zero-order chi connectivity index (χ0) is 23.4. The predicted molar refractivity (Wildman–Crippen MR) is 125 cm³/mol. The van der Waals surface area contributed by atoms with Gasteiger partial charge < -0.3 is 18.9 Å². The minimum atomic E-state index is -0.382. The van der Waals surface area contributed by atoms with Crippen LogP contribution in [0.4, 0.5) is 0 Å². The summed E-state index contributed by atoms with van der Waals surface area (Å²) >= 11 is 0. The number of nitrogens with one attached hydrogen (secondary N) is 1. The number of benzene rings is 2. The molecule has 0 aliphatic carbocycles. The molecule has 1 unspecified atom stereocenters. The third-order valence-electron chi connectivity index (χ3n) is 5.50. The summed E-state index contributed by atoms with van der Waals surface area (Å²) in [5, 5.41) is 3.84. The van der Waals surface area contributed by atoms with Crippen molar-refractivity contribution < 1.29 is 18.4 Å². The summed E-state index contributed by atoms with van der Waals surface area (Å²) in [5.41, 5.74) is 2.46. The van der Waals surface area contributed by atoms with Crippen molar-refractivity contribution in [2.24, 2.45) is 0 Å². The molecule has 0 saturated heterocycles. The van der Waals surface area contributed by atoms with Crippen LogP contribution in [-0.4, -0.2) is 31.4 Å². The molecule has 0 radical (unpaired) electrons. The molecule has 4 aromatic rings. The summed E-state index contributed by atoms with van der Waals surface area (Å²) in [6.45, 7) is 2.63. The molecule has 170 valence electrons. The van der Waals surface area contributed by atoms with Gasteiger partial charge in [0.15, 0.2) is 0 Å². The first-order valence-corrected chi connectivity index (χ1v) is 10.6. The molecule has 0 fully saturated rings. The van der Waals surface area contributed by atoms with Gasteiger partial charge in [0.25, 0.3) is 5.91 Å². The van der Waals surface area contributed by atoms with E-state index in [4.69, 9.17) is 13.6 Å². The standard InChI is InChI=1S/C26H26N2O5/c1-17-13-25(29)33-24-14-20(10-11-21(17)24)32-16-18-6-8-19(9-7-18)26(30)27-15-22(28(2)3)23-5-4-12-31-23/h4-14,22H,15-16H2,1-3H3,(H,27,30). The molecular formula is C26H26N2O5. The maximum Gasteiger partial charge on any atom is 0.336 e. The Balaban J connectivity index is 1.35. The van der Waals surface area contributed by atoms with Crippen molar-refractivity contribution in [3.05, 3.63) is 99.8 Å². The topological polar surface area (TPSA) is 84.9 Å². The molecule has 0 bridgehead atoms. The third-order valence-corrected chi connectivity index (χ3v) is 5.50. The summed E-state index contributed by atoms with van der Waals surface area (Å²) in [6, 6.07) is 17.8. The van der Waals surface area contributed by atoms with Gasteiger partial charge in [-0.05, 0) is 68.5 Å². The number of aryl methyl sites for hydroxylation is 1. The first-order valence-electron chi connectivity index (χ1n) is 10.6. The largest absolute Gasteiger partial charge is 0.489 e. The molecule has 2 aromatic carbocycles. The number of fused-ring (bicyclic) bond motifs is 1. The SMILES string of the molecule is Cc1cc(=O)oc2cc(OCc3ccc(C(=O)NCC(c4ccco4)N(C)C)cc3)ccc12. The Labute approximate surface area is 191 Å². The van der Waals surface area contributed by atoms with E-state index in [0.717, 1.165) is 22.3 Å². The fraction of sp³-hybridized carbons (Fsp3) is 0.231. The van der Waals surface area contributed by atoms with Crippen LogP contribution >= 0.6 is 0 Å². The van der Waals surface area contributed by atoms with Gasteiger partial charge in [0.05, 0.1) is 12.3 Å². The Morgan fingerprint density at radius 1 is 1.09 bits per heavy atom. The van der Waals surface area contributed by atoms with Gasteiger partial charge in [0.1, 0.15) is 23.7 Å². The maximum absolute atomic E-state index is 12.6. The fourth-order valence-electron chi connectivity index (χ4n) is 3.62. The number of likely N-dealkylation sites (N-methyl/N-ethyl adjacent to an activating group) is 1. The normalized spacial score (nSPS) is 12.1. The van der Waals surface area contributed by atoms with Gasteiger partial charge in [0.2, 0.25) is 0 Å². The van der Waals surface area contributed by atoms with Crippen LogP contribution in [0.15, 0.2) is 80.6 Å². The molecule has 1 atom stereocenters. The number of carbonyl (C=O) groups is 1. The number of ether oxygens (including phenoxy) is 1. The van der Waals surface area contributed by atoms with E-state index in [0.29, 0.717) is 30.0 Å². The van der Waals surface area contributed by atoms with Crippen molar-refractivity contribution >= 4 is 16.9 Å². The second-order valence-corrected chi connectivity index (χ2v) is 8.10. The Morgan fingerprint density at radius 3 is 2.58 bits per heavy atom. The van der Waals surface area contributed by atoms with Gasteiger partial charge in [-0.15, -0.1) is 0 Å². The van der Waals surface area contributed by atoms with Crippen LogP contribution in [0.2, 0.25) is 0 Å². The van der Waals surface area contributed by atoms with Crippen molar-refractivity contribution in [1.29, 1.82) is 0 Å². The molecular weight excluding hydrogens is 420 g/mol. The van der Waals surface area contributed by atoms with Crippen molar-refractivity contribution in [2.75, 3.05) is 20.6 Å². The van der Waals surface area contributed by atoms with Crippen LogP contribution in [0.1, 0.15) is 33.3 Å². The Morgan fingerprint density at radius 2 is 1.88 bits per heavy atom. The van der Waals surface area contributed by atoms with E-state index in [1.807, 2.05) is 62.3 Å². The lowest BCUT2D eigenvalue weighted by Crippen LogP contribution is -2.34. The second kappa shape index (κ2) is 9.75. The van der Waals surface area contributed by atoms with Crippen LogP contribution in [-0.2, 0) is 6.61 Å². The minimum absolute atomic E-state index is 0.0493. The van der Waals surface area contributed by atoms with E-state index in [-0.39, 0.29) is 17.6 Å². The number of nitrogens with zero attached hydrogens (tertiary/aromatic N) is 1. The lowest BCUT2D eigenvalue weighted by molar-refractivity contribution is 0.0939. The van der Waals surface area contributed by atoms with Gasteiger partial charge in [-0.25, -0.2) is 4.79 Å². The highest BCUT2D eigenvalue weighted by atomic mass is 16.5. The van der Waals surface area contributed by atoms with E-state index in [1.165, 1.54) is 6.07 Å². The van der Waals surface area contributed by atoms with Crippen LogP contribution in [0, 0.1) is 6.92 Å². The van der Waals surface area contributed by atoms with Gasteiger partial charge in [0, 0.05) is 29.6 Å². The van der Waals surface area contributed by atoms with E-state index < -0.39 is 0 Å². The molecule has 0 aliphatic rings. The molecule has 7 heteroatoms. The highest BCUT2D eigenvalue weighted by molar-refractivity contribution is 5.94. The summed E-state index contributed by atoms with van der Waals surface area (Å²) in [6.07, 6.45) is 1.63. The molecule has 0 aliphatic heterocycles. The summed E-state index contributed by atoms with van der Waals surface area (Å²) < 4.78 is 16.6. The highest BCUT2D eigenvalue weighted by Gasteiger charge is 2.18. The number of rotatable bonds is 8. The monoisotopic (exact) mass is 446 g/mol. The van der Waals surface area contributed by atoms with Crippen LogP contribution in [0.5, 0.6) is 5.75 Å². The molecule has 33 heavy (non-hydrogen) atoms. The van der Waals surface area contributed by atoms with Gasteiger partial charge in [-0.3, -0.25) is 9.69 Å². The lowest BCUT2D eigenvalue weighted by atomic mass is 10.1. The third kappa shape index (κ3) is 5.32. The zero-order valence-corrected chi connectivity index (χ0v) is 18.8. The highest BCUT2D eigenvalue weighted by Crippen LogP contribution is 2.23. The summed E-state index contributed by atoms with van der Waals surface area (Å²) in [4.78, 5) is 26.2. The molecule has 0 spiro atoms. The van der Waals surface area contributed by atoms with E-state index >= 15 is 0 Å². The second-order valence-electron chi connectivity index (χ2n) is 8.10. The van der Waals surface area contributed by atoms with Crippen LogP contribution in [0.3, 0.4) is 0 Å². The zero-order valence-electron chi connectivity index (χ0n) is 18.8. The van der Waals surface area contributed by atoms with E-state index in [9.17, 15) is 9.59 Å². The number of amides is 1. The summed E-state index contributed by atoms with van der Waals surface area (Å²) in [7, 11) is 3.89. The number of carbonyl (C=O) groups excluding carboxylic acids is 1. The molecule has 2 heterocycles. The van der Waals surface area contributed by atoms with Crippen molar-refractivity contribution in [2.45, 2.75) is 19.6 Å². The average Bonchev–Trinajstić information content (AvgIpc) is 3.32. The molecule has 4 rings (SSSR count). The average molecular weight is 447 g/mol. The molecule has 1 amide bonds. The van der Waals surface area contributed by atoms with E-state index in [1.54, 1.807) is 24.5 Å². The quantitative estimate of drug-likeness (QED) is 0.406. The Kier molecular flexibility index (Phi) is 6.60. The van der Waals surface area contributed by atoms with Crippen molar-refractivity contribution in [3.63, 3.8) is 0 Å². The number of hydrogen-bond acceptors (Lipinski definition) is 6. The molecule has 1 N–H and O–H groups in total. The van der Waals surface area contributed by atoms with Crippen molar-refractivity contribution in [3.8, 4) is 5.75 Å². The number of furan rings is 1. The lowest BCUT2D eigenvalue weighted by Gasteiger charge is -2.22.